The fraction of sp³-hybridized carbons (Fsp3) is 0.429. The Kier molecular flexibility index (Phi) is 4.90. The van der Waals surface area contributed by atoms with Crippen LogP contribution in [0.25, 0.3) is 11.4 Å². The zero-order valence-corrected chi connectivity index (χ0v) is 12.7. The van der Waals surface area contributed by atoms with Crippen LogP contribution in [0.5, 0.6) is 0 Å². The number of aromatic nitrogens is 4. The van der Waals surface area contributed by atoms with Crippen LogP contribution in [-0.2, 0) is 4.79 Å². The molecule has 7 heteroatoms. The maximum atomic E-state index is 11.0. The summed E-state index contributed by atoms with van der Waals surface area (Å²) in [6, 6.07) is 5.29. The highest BCUT2D eigenvalue weighted by atomic mass is 35.5. The maximum Gasteiger partial charge on any atom is 0.305 e. The largest absolute Gasteiger partial charge is 0.481 e. The van der Waals surface area contributed by atoms with E-state index in [2.05, 4.69) is 15.5 Å². The number of carboxylic acid groups (broad SMARTS) is 1. The number of tetrazole rings is 1. The lowest BCUT2D eigenvalue weighted by Crippen LogP contribution is -2.16. The smallest absolute Gasteiger partial charge is 0.305 e. The molecule has 1 unspecified atom stereocenters. The molecular formula is C14H17ClN4O2. The average molecular weight is 309 g/mol. The topological polar surface area (TPSA) is 80.9 Å². The Morgan fingerprint density at radius 2 is 2.19 bits per heavy atom. The van der Waals surface area contributed by atoms with E-state index in [0.29, 0.717) is 17.3 Å². The standard InChI is InChI=1S/C14H17ClN4O2/c1-3-4-12(8-13(20)21)19-14(16-17-18-19)10-5-9(2)6-11(15)7-10/h5-7,12H,3-4,8H2,1-2H3,(H,20,21). The van der Waals surface area contributed by atoms with Gasteiger partial charge in [-0.3, -0.25) is 4.79 Å². The molecule has 2 rings (SSSR count). The molecule has 0 aliphatic heterocycles. The van der Waals surface area contributed by atoms with Crippen molar-refractivity contribution in [1.82, 2.24) is 20.2 Å². The van der Waals surface area contributed by atoms with Gasteiger partial charge in [0.2, 0.25) is 0 Å². The second kappa shape index (κ2) is 6.67. The number of halogens is 1. The molecule has 1 aromatic carbocycles. The van der Waals surface area contributed by atoms with Crippen LogP contribution in [0.4, 0.5) is 0 Å². The van der Waals surface area contributed by atoms with Gasteiger partial charge in [0.05, 0.1) is 12.5 Å². The van der Waals surface area contributed by atoms with Gasteiger partial charge in [-0.25, -0.2) is 4.68 Å². The van der Waals surface area contributed by atoms with Crippen LogP contribution in [0.1, 0.15) is 37.8 Å². The third-order valence-corrected chi connectivity index (χ3v) is 3.39. The van der Waals surface area contributed by atoms with Crippen molar-refractivity contribution in [2.24, 2.45) is 0 Å². The number of benzene rings is 1. The molecule has 0 fully saturated rings. The van der Waals surface area contributed by atoms with Crippen LogP contribution < -0.4 is 0 Å². The minimum atomic E-state index is -0.864. The molecule has 0 radical (unpaired) electrons. The molecule has 0 spiro atoms. The van der Waals surface area contributed by atoms with Gasteiger partial charge in [-0.05, 0) is 47.5 Å². The highest BCUT2D eigenvalue weighted by Crippen LogP contribution is 2.27. The van der Waals surface area contributed by atoms with Gasteiger partial charge in [0, 0.05) is 10.6 Å². The van der Waals surface area contributed by atoms with Crippen LogP contribution in [0, 0.1) is 6.92 Å². The van der Waals surface area contributed by atoms with Crippen molar-refractivity contribution in [2.45, 2.75) is 39.2 Å². The van der Waals surface area contributed by atoms with Crippen molar-refractivity contribution in [2.75, 3.05) is 0 Å². The summed E-state index contributed by atoms with van der Waals surface area (Å²) in [5, 5.41) is 21.4. The van der Waals surface area contributed by atoms with Crippen molar-refractivity contribution in [3.63, 3.8) is 0 Å². The van der Waals surface area contributed by atoms with Gasteiger partial charge >= 0.3 is 5.97 Å². The first-order valence-electron chi connectivity index (χ1n) is 6.78. The van der Waals surface area contributed by atoms with Crippen molar-refractivity contribution < 1.29 is 9.90 Å². The number of carbonyl (C=O) groups is 1. The summed E-state index contributed by atoms with van der Waals surface area (Å²) < 4.78 is 1.59. The molecule has 112 valence electrons. The molecule has 0 bridgehead atoms. The minimum Gasteiger partial charge on any atom is -0.481 e. The first-order chi connectivity index (χ1) is 10.0. The Morgan fingerprint density at radius 1 is 1.43 bits per heavy atom. The highest BCUT2D eigenvalue weighted by molar-refractivity contribution is 6.30. The summed E-state index contributed by atoms with van der Waals surface area (Å²) in [4.78, 5) is 11.0. The van der Waals surface area contributed by atoms with E-state index in [1.54, 1.807) is 10.7 Å². The van der Waals surface area contributed by atoms with Gasteiger partial charge in [-0.1, -0.05) is 24.9 Å². The Bertz CT molecular complexity index is 621. The Morgan fingerprint density at radius 3 is 2.81 bits per heavy atom. The Balaban J connectivity index is 2.42. The molecule has 1 N–H and O–H groups in total. The molecule has 0 saturated heterocycles. The minimum absolute atomic E-state index is 0.00850. The third kappa shape index (κ3) is 3.78. The average Bonchev–Trinajstić information content (AvgIpc) is 2.85. The number of hydrogen-bond donors (Lipinski definition) is 1. The number of rotatable bonds is 6. The van der Waals surface area contributed by atoms with E-state index in [4.69, 9.17) is 16.7 Å². The molecule has 1 aromatic heterocycles. The molecule has 0 saturated carbocycles. The van der Waals surface area contributed by atoms with Crippen LogP contribution in [0.3, 0.4) is 0 Å². The summed E-state index contributed by atoms with van der Waals surface area (Å²) in [6.45, 7) is 3.94. The maximum absolute atomic E-state index is 11.0. The van der Waals surface area contributed by atoms with E-state index in [9.17, 15) is 4.79 Å². The molecular weight excluding hydrogens is 292 g/mol. The van der Waals surface area contributed by atoms with Crippen LogP contribution >= 0.6 is 11.6 Å². The second-order valence-electron chi connectivity index (χ2n) is 5.00. The second-order valence-corrected chi connectivity index (χ2v) is 5.44. The normalized spacial score (nSPS) is 12.3. The van der Waals surface area contributed by atoms with Gasteiger partial charge in [-0.2, -0.15) is 0 Å². The van der Waals surface area contributed by atoms with Gasteiger partial charge in [0.1, 0.15) is 0 Å². The first kappa shape index (κ1) is 15.4. The molecule has 21 heavy (non-hydrogen) atoms. The van der Waals surface area contributed by atoms with E-state index >= 15 is 0 Å². The summed E-state index contributed by atoms with van der Waals surface area (Å²) in [5.74, 6) is -0.322. The SMILES string of the molecule is CCCC(CC(=O)O)n1nnnc1-c1cc(C)cc(Cl)c1. The predicted molar refractivity (Wildman–Crippen MR) is 79.2 cm³/mol. The third-order valence-electron chi connectivity index (χ3n) is 3.17. The molecule has 1 heterocycles. The predicted octanol–water partition coefficient (Wildman–Crippen LogP) is 3.12. The Labute approximate surface area is 127 Å². The summed E-state index contributed by atoms with van der Waals surface area (Å²) in [5.41, 5.74) is 1.79. The van der Waals surface area contributed by atoms with Crippen LogP contribution in [0.2, 0.25) is 5.02 Å². The van der Waals surface area contributed by atoms with E-state index in [0.717, 1.165) is 17.5 Å². The number of hydrogen-bond acceptors (Lipinski definition) is 4. The van der Waals surface area contributed by atoms with Gasteiger partial charge < -0.3 is 5.11 Å². The van der Waals surface area contributed by atoms with Crippen molar-refractivity contribution >= 4 is 17.6 Å². The van der Waals surface area contributed by atoms with Gasteiger partial charge in [-0.15, -0.1) is 5.10 Å². The number of carboxylic acids is 1. The lowest BCUT2D eigenvalue weighted by atomic mass is 10.1. The van der Waals surface area contributed by atoms with Crippen LogP contribution in [-0.4, -0.2) is 31.3 Å². The van der Waals surface area contributed by atoms with E-state index in [1.807, 2.05) is 26.0 Å². The number of nitrogens with zero attached hydrogens (tertiary/aromatic N) is 4. The summed E-state index contributed by atoms with van der Waals surface area (Å²) >= 11 is 6.07. The van der Waals surface area contributed by atoms with Crippen molar-refractivity contribution in [3.8, 4) is 11.4 Å². The number of aryl methyl sites for hydroxylation is 1. The van der Waals surface area contributed by atoms with Crippen molar-refractivity contribution in [3.05, 3.63) is 28.8 Å². The molecule has 2 aromatic rings. The zero-order valence-electron chi connectivity index (χ0n) is 12.0. The molecule has 0 aliphatic rings. The lowest BCUT2D eigenvalue weighted by Gasteiger charge is -2.15. The molecule has 0 aliphatic carbocycles. The highest BCUT2D eigenvalue weighted by Gasteiger charge is 2.21. The van der Waals surface area contributed by atoms with Gasteiger partial charge in [0.15, 0.2) is 5.82 Å². The lowest BCUT2D eigenvalue weighted by molar-refractivity contribution is -0.138. The number of aliphatic carboxylic acids is 1. The summed E-state index contributed by atoms with van der Waals surface area (Å²) in [6.07, 6.45) is 1.54. The fourth-order valence-corrected chi connectivity index (χ4v) is 2.63. The molecule has 1 atom stereocenters. The van der Waals surface area contributed by atoms with Gasteiger partial charge in [0.25, 0.3) is 0 Å². The molecule has 0 amide bonds. The van der Waals surface area contributed by atoms with E-state index in [1.165, 1.54) is 0 Å². The monoisotopic (exact) mass is 308 g/mol. The fourth-order valence-electron chi connectivity index (χ4n) is 2.34. The quantitative estimate of drug-likeness (QED) is 0.886. The van der Waals surface area contributed by atoms with E-state index in [-0.39, 0.29) is 12.5 Å². The summed E-state index contributed by atoms with van der Waals surface area (Å²) in [7, 11) is 0. The van der Waals surface area contributed by atoms with E-state index < -0.39 is 5.97 Å². The zero-order chi connectivity index (χ0) is 15.4. The van der Waals surface area contributed by atoms with Crippen LogP contribution in [0.15, 0.2) is 18.2 Å². The van der Waals surface area contributed by atoms with Crippen molar-refractivity contribution in [1.29, 1.82) is 0 Å². The molecule has 6 nitrogen and oxygen atoms in total. The Hall–Kier alpha value is -1.95. The first-order valence-corrected chi connectivity index (χ1v) is 7.16.